The molecular weight excluding hydrogens is 312 g/mol. The second kappa shape index (κ2) is 7.00. The monoisotopic (exact) mass is 332 g/mol. The Kier molecular flexibility index (Phi) is 4.81. The van der Waals surface area contributed by atoms with E-state index >= 15 is 0 Å². The number of fused-ring (bicyclic) bond motifs is 1. The molecule has 0 unspecified atom stereocenters. The summed E-state index contributed by atoms with van der Waals surface area (Å²) < 4.78 is 1.24. The number of hydrogen-bond acceptors (Lipinski definition) is 3. The summed E-state index contributed by atoms with van der Waals surface area (Å²) in [7, 11) is 0. The van der Waals surface area contributed by atoms with E-state index < -0.39 is 5.97 Å². The first kappa shape index (κ1) is 15.8. The zero-order valence-corrected chi connectivity index (χ0v) is 13.6. The average Bonchev–Trinajstić information content (AvgIpc) is 3.01. The number of urea groups is 1. The van der Waals surface area contributed by atoms with Crippen LogP contribution in [0.25, 0.3) is 10.1 Å². The first-order valence-corrected chi connectivity index (χ1v) is 8.73. The van der Waals surface area contributed by atoms with Crippen molar-refractivity contribution in [1.82, 2.24) is 10.6 Å². The standard InChI is InChI=1S/C17H20N2O3S/c20-16(21)12-2-4-14(5-3-12)19-17(22)18-10-11-1-6-15-13(9-11)7-8-23-15/h1,6-9,12,14H,2-5,10H2,(H,20,21)(H2,18,19,22). The summed E-state index contributed by atoms with van der Waals surface area (Å²) in [6, 6.07) is 8.15. The van der Waals surface area contributed by atoms with Crippen molar-refractivity contribution in [3.05, 3.63) is 35.2 Å². The smallest absolute Gasteiger partial charge is 0.315 e. The van der Waals surface area contributed by atoms with Crippen molar-refractivity contribution in [2.45, 2.75) is 38.3 Å². The van der Waals surface area contributed by atoms with E-state index in [1.54, 1.807) is 11.3 Å². The van der Waals surface area contributed by atoms with E-state index in [9.17, 15) is 9.59 Å². The normalized spacial score (nSPS) is 21.0. The van der Waals surface area contributed by atoms with E-state index in [1.807, 2.05) is 6.07 Å². The predicted molar refractivity (Wildman–Crippen MR) is 90.6 cm³/mol. The van der Waals surface area contributed by atoms with Crippen LogP contribution in [0.1, 0.15) is 31.2 Å². The molecule has 1 saturated carbocycles. The summed E-state index contributed by atoms with van der Waals surface area (Å²) in [5, 5.41) is 18.0. The van der Waals surface area contributed by atoms with Crippen molar-refractivity contribution in [2.75, 3.05) is 0 Å². The minimum Gasteiger partial charge on any atom is -0.481 e. The van der Waals surface area contributed by atoms with Gasteiger partial charge in [0, 0.05) is 17.3 Å². The molecule has 1 aliphatic carbocycles. The van der Waals surface area contributed by atoms with Crippen LogP contribution in [0.3, 0.4) is 0 Å². The van der Waals surface area contributed by atoms with Crippen LogP contribution in [0.2, 0.25) is 0 Å². The molecule has 3 rings (SSSR count). The Morgan fingerprint density at radius 3 is 2.70 bits per heavy atom. The number of hydrogen-bond donors (Lipinski definition) is 3. The van der Waals surface area contributed by atoms with Crippen molar-refractivity contribution in [1.29, 1.82) is 0 Å². The Morgan fingerprint density at radius 1 is 1.17 bits per heavy atom. The second-order valence-corrected chi connectivity index (χ2v) is 6.95. The summed E-state index contributed by atoms with van der Waals surface area (Å²) in [5.41, 5.74) is 1.07. The van der Waals surface area contributed by atoms with Crippen LogP contribution in [0.4, 0.5) is 4.79 Å². The molecule has 1 fully saturated rings. The minimum absolute atomic E-state index is 0.0740. The fraction of sp³-hybridized carbons (Fsp3) is 0.412. The number of thiophene rings is 1. The summed E-state index contributed by atoms with van der Waals surface area (Å²) >= 11 is 1.70. The molecule has 0 bridgehead atoms. The van der Waals surface area contributed by atoms with Crippen LogP contribution in [-0.4, -0.2) is 23.1 Å². The van der Waals surface area contributed by atoms with Gasteiger partial charge in [0.1, 0.15) is 0 Å². The first-order chi connectivity index (χ1) is 11.1. The van der Waals surface area contributed by atoms with E-state index in [4.69, 9.17) is 5.11 Å². The summed E-state index contributed by atoms with van der Waals surface area (Å²) in [6.07, 6.45) is 2.72. The highest BCUT2D eigenvalue weighted by molar-refractivity contribution is 7.17. The molecule has 3 N–H and O–H groups in total. The summed E-state index contributed by atoms with van der Waals surface area (Å²) in [6.45, 7) is 0.488. The SMILES string of the molecule is O=C(NCc1ccc2sccc2c1)NC1CCC(C(=O)O)CC1. The molecule has 2 aromatic rings. The molecule has 1 aliphatic rings. The zero-order valence-electron chi connectivity index (χ0n) is 12.7. The molecule has 23 heavy (non-hydrogen) atoms. The second-order valence-electron chi connectivity index (χ2n) is 6.01. The molecule has 5 nitrogen and oxygen atoms in total. The molecule has 1 heterocycles. The molecule has 1 aromatic carbocycles. The number of nitrogens with one attached hydrogen (secondary N) is 2. The van der Waals surface area contributed by atoms with Crippen LogP contribution < -0.4 is 10.6 Å². The van der Waals surface area contributed by atoms with Gasteiger partial charge in [-0.05, 0) is 60.2 Å². The third-order valence-corrected chi connectivity index (χ3v) is 5.28. The van der Waals surface area contributed by atoms with Crippen LogP contribution in [0, 0.1) is 5.92 Å². The fourth-order valence-corrected chi connectivity index (χ4v) is 3.80. The maximum atomic E-state index is 12.0. The van der Waals surface area contributed by atoms with Gasteiger partial charge < -0.3 is 15.7 Å². The maximum Gasteiger partial charge on any atom is 0.315 e. The number of carboxylic acids is 1. The van der Waals surface area contributed by atoms with Gasteiger partial charge in [0.2, 0.25) is 0 Å². The molecule has 122 valence electrons. The van der Waals surface area contributed by atoms with Gasteiger partial charge in [0.05, 0.1) is 5.92 Å². The highest BCUT2D eigenvalue weighted by atomic mass is 32.1. The molecule has 0 saturated heterocycles. The molecule has 6 heteroatoms. The van der Waals surface area contributed by atoms with Gasteiger partial charge in [0.25, 0.3) is 0 Å². The van der Waals surface area contributed by atoms with Gasteiger partial charge in [-0.15, -0.1) is 11.3 Å². The van der Waals surface area contributed by atoms with E-state index in [0.29, 0.717) is 19.4 Å². The first-order valence-electron chi connectivity index (χ1n) is 7.85. The number of carbonyl (C=O) groups is 2. The number of amides is 2. The lowest BCUT2D eigenvalue weighted by Crippen LogP contribution is -2.43. The van der Waals surface area contributed by atoms with E-state index in [-0.39, 0.29) is 18.0 Å². The molecule has 1 aromatic heterocycles. The highest BCUT2D eigenvalue weighted by Crippen LogP contribution is 2.24. The number of carbonyl (C=O) groups excluding carboxylic acids is 1. The van der Waals surface area contributed by atoms with Gasteiger partial charge in [-0.25, -0.2) is 4.79 Å². The third kappa shape index (κ3) is 4.01. The number of rotatable bonds is 4. The van der Waals surface area contributed by atoms with Crippen molar-refractivity contribution < 1.29 is 14.7 Å². The van der Waals surface area contributed by atoms with E-state index in [2.05, 4.69) is 34.2 Å². The van der Waals surface area contributed by atoms with Crippen LogP contribution in [0.15, 0.2) is 29.6 Å². The quantitative estimate of drug-likeness (QED) is 0.803. The number of benzene rings is 1. The van der Waals surface area contributed by atoms with Crippen molar-refractivity contribution >= 4 is 33.4 Å². The number of carboxylic acid groups (broad SMARTS) is 1. The molecule has 0 atom stereocenters. The van der Waals surface area contributed by atoms with Crippen LogP contribution in [-0.2, 0) is 11.3 Å². The Hall–Kier alpha value is -2.08. The van der Waals surface area contributed by atoms with Gasteiger partial charge in [-0.3, -0.25) is 4.79 Å². The molecule has 0 radical (unpaired) electrons. The Labute approximate surface area is 138 Å². The summed E-state index contributed by atoms with van der Waals surface area (Å²) in [4.78, 5) is 22.9. The lowest BCUT2D eigenvalue weighted by molar-refractivity contribution is -0.142. The van der Waals surface area contributed by atoms with Gasteiger partial charge in [-0.1, -0.05) is 6.07 Å². The van der Waals surface area contributed by atoms with Crippen molar-refractivity contribution in [2.24, 2.45) is 5.92 Å². The fourth-order valence-electron chi connectivity index (χ4n) is 3.03. The average molecular weight is 332 g/mol. The predicted octanol–water partition coefficient (Wildman–Crippen LogP) is 3.34. The molecule has 0 aliphatic heterocycles. The zero-order chi connectivity index (χ0) is 16.2. The number of aliphatic carboxylic acids is 1. The van der Waals surface area contributed by atoms with Crippen molar-refractivity contribution in [3.63, 3.8) is 0 Å². The van der Waals surface area contributed by atoms with E-state index in [0.717, 1.165) is 18.4 Å². The Morgan fingerprint density at radius 2 is 1.96 bits per heavy atom. The van der Waals surface area contributed by atoms with Gasteiger partial charge in [-0.2, -0.15) is 0 Å². The van der Waals surface area contributed by atoms with Gasteiger partial charge in [0.15, 0.2) is 0 Å². The molecule has 0 spiro atoms. The molecule has 2 amide bonds. The molecular formula is C17H20N2O3S. The minimum atomic E-state index is -0.725. The Bertz CT molecular complexity index is 705. The van der Waals surface area contributed by atoms with Gasteiger partial charge >= 0.3 is 12.0 Å². The topological polar surface area (TPSA) is 78.4 Å². The lowest BCUT2D eigenvalue weighted by Gasteiger charge is -2.26. The highest BCUT2D eigenvalue weighted by Gasteiger charge is 2.26. The van der Waals surface area contributed by atoms with E-state index in [1.165, 1.54) is 10.1 Å². The lowest BCUT2D eigenvalue weighted by atomic mass is 9.86. The van der Waals surface area contributed by atoms with Crippen molar-refractivity contribution in [3.8, 4) is 0 Å². The van der Waals surface area contributed by atoms with Crippen LogP contribution >= 0.6 is 11.3 Å². The largest absolute Gasteiger partial charge is 0.481 e. The summed E-state index contributed by atoms with van der Waals surface area (Å²) in [5.74, 6) is -0.981. The Balaban J connectivity index is 1.45. The third-order valence-electron chi connectivity index (χ3n) is 4.38. The maximum absolute atomic E-state index is 12.0. The van der Waals surface area contributed by atoms with Crippen LogP contribution in [0.5, 0.6) is 0 Å².